The van der Waals surface area contributed by atoms with E-state index in [2.05, 4.69) is 5.32 Å². The molecule has 1 fully saturated rings. The molecule has 0 saturated carbocycles. The number of hydrogen-bond donors (Lipinski definition) is 1. The van der Waals surface area contributed by atoms with Gasteiger partial charge in [0.05, 0.1) is 11.4 Å². The standard InChI is InChI=1S/C20H23FN4O4S/c1-23(30(28,29)18-5-3-2-4-6-18)15-19(26)24-11-13-25(14-12-24)20(27)22-17-9-7-16(21)8-10-17/h2-10H,11-15H2,1H3,(H,22,27). The van der Waals surface area contributed by atoms with Crippen molar-refractivity contribution in [1.29, 1.82) is 0 Å². The highest BCUT2D eigenvalue weighted by molar-refractivity contribution is 7.89. The highest BCUT2D eigenvalue weighted by atomic mass is 32.2. The van der Waals surface area contributed by atoms with Crippen molar-refractivity contribution in [2.45, 2.75) is 4.90 Å². The lowest BCUT2D eigenvalue weighted by atomic mass is 10.3. The van der Waals surface area contributed by atoms with Crippen molar-refractivity contribution in [3.63, 3.8) is 0 Å². The molecule has 2 aromatic rings. The third-order valence-electron chi connectivity index (χ3n) is 4.82. The summed E-state index contributed by atoms with van der Waals surface area (Å²) in [7, 11) is -2.38. The van der Waals surface area contributed by atoms with Gasteiger partial charge in [-0.05, 0) is 36.4 Å². The third-order valence-corrected chi connectivity index (χ3v) is 6.64. The van der Waals surface area contributed by atoms with Crippen LogP contribution in [-0.4, -0.2) is 74.2 Å². The molecule has 10 heteroatoms. The number of benzene rings is 2. The molecule has 8 nitrogen and oxygen atoms in total. The van der Waals surface area contributed by atoms with E-state index in [9.17, 15) is 22.4 Å². The monoisotopic (exact) mass is 434 g/mol. The number of hydrogen-bond acceptors (Lipinski definition) is 4. The quantitative estimate of drug-likeness (QED) is 0.777. The maximum absolute atomic E-state index is 13.0. The molecule has 1 N–H and O–H groups in total. The number of rotatable bonds is 5. The number of urea groups is 1. The van der Waals surface area contributed by atoms with E-state index in [1.165, 1.54) is 43.4 Å². The molecule has 0 spiro atoms. The summed E-state index contributed by atoms with van der Waals surface area (Å²) in [6.07, 6.45) is 0. The number of likely N-dealkylation sites (N-methyl/N-ethyl adjacent to an activating group) is 1. The number of sulfonamides is 1. The van der Waals surface area contributed by atoms with Crippen LogP contribution in [0.5, 0.6) is 0 Å². The van der Waals surface area contributed by atoms with Crippen molar-refractivity contribution >= 4 is 27.6 Å². The van der Waals surface area contributed by atoms with Gasteiger partial charge in [-0.2, -0.15) is 4.31 Å². The number of nitrogens with zero attached hydrogens (tertiary/aromatic N) is 3. The van der Waals surface area contributed by atoms with Gasteiger partial charge < -0.3 is 15.1 Å². The Kier molecular flexibility index (Phi) is 6.68. The van der Waals surface area contributed by atoms with Gasteiger partial charge in [-0.25, -0.2) is 17.6 Å². The third kappa shape index (κ3) is 5.14. The maximum atomic E-state index is 13.0. The first kappa shape index (κ1) is 21.7. The molecule has 30 heavy (non-hydrogen) atoms. The molecule has 0 aromatic heterocycles. The smallest absolute Gasteiger partial charge is 0.321 e. The van der Waals surface area contributed by atoms with E-state index in [-0.39, 0.29) is 29.2 Å². The van der Waals surface area contributed by atoms with Crippen LogP contribution in [0.1, 0.15) is 0 Å². The van der Waals surface area contributed by atoms with E-state index >= 15 is 0 Å². The van der Waals surface area contributed by atoms with Crippen molar-refractivity contribution in [2.24, 2.45) is 0 Å². The minimum atomic E-state index is -3.75. The lowest BCUT2D eigenvalue weighted by Crippen LogP contribution is -2.53. The maximum Gasteiger partial charge on any atom is 0.321 e. The van der Waals surface area contributed by atoms with Gasteiger partial charge in [0.15, 0.2) is 0 Å². The molecule has 0 unspecified atom stereocenters. The van der Waals surface area contributed by atoms with Gasteiger partial charge in [-0.15, -0.1) is 0 Å². The molecule has 160 valence electrons. The minimum absolute atomic E-state index is 0.127. The highest BCUT2D eigenvalue weighted by Gasteiger charge is 2.28. The second-order valence-electron chi connectivity index (χ2n) is 6.88. The Morgan fingerprint density at radius 1 is 0.967 bits per heavy atom. The molecule has 1 saturated heterocycles. The summed E-state index contributed by atoms with van der Waals surface area (Å²) in [5.41, 5.74) is 0.479. The van der Waals surface area contributed by atoms with Crippen molar-refractivity contribution in [1.82, 2.24) is 14.1 Å². The predicted molar refractivity (Wildman–Crippen MR) is 110 cm³/mol. The second kappa shape index (κ2) is 9.23. The zero-order chi connectivity index (χ0) is 21.7. The molecule has 3 rings (SSSR count). The second-order valence-corrected chi connectivity index (χ2v) is 8.92. The van der Waals surface area contributed by atoms with E-state index in [0.717, 1.165) is 4.31 Å². The number of carbonyl (C=O) groups excluding carboxylic acids is 2. The summed E-state index contributed by atoms with van der Waals surface area (Å²) in [5.74, 6) is -0.713. The van der Waals surface area contributed by atoms with Crippen LogP contribution in [0, 0.1) is 5.82 Å². The SMILES string of the molecule is CN(CC(=O)N1CCN(C(=O)Nc2ccc(F)cc2)CC1)S(=O)(=O)c1ccccc1. The van der Waals surface area contributed by atoms with E-state index in [1.807, 2.05) is 0 Å². The van der Waals surface area contributed by atoms with Crippen molar-refractivity contribution in [3.05, 3.63) is 60.4 Å². The van der Waals surface area contributed by atoms with Crippen molar-refractivity contribution in [2.75, 3.05) is 45.1 Å². The lowest BCUT2D eigenvalue weighted by Gasteiger charge is -2.35. The van der Waals surface area contributed by atoms with Gasteiger partial charge in [0.25, 0.3) is 0 Å². The van der Waals surface area contributed by atoms with Gasteiger partial charge in [0.2, 0.25) is 15.9 Å². The summed E-state index contributed by atoms with van der Waals surface area (Å²) in [5, 5.41) is 2.68. The Labute approximate surface area is 174 Å². The Bertz CT molecular complexity index is 991. The summed E-state index contributed by atoms with van der Waals surface area (Å²) in [6, 6.07) is 13.0. The average molecular weight is 434 g/mol. The van der Waals surface area contributed by atoms with E-state index in [4.69, 9.17) is 0 Å². The fourth-order valence-electron chi connectivity index (χ4n) is 3.04. The van der Waals surface area contributed by atoms with Crippen LogP contribution in [-0.2, 0) is 14.8 Å². The Balaban J connectivity index is 1.51. The molecular weight excluding hydrogens is 411 g/mol. The molecule has 3 amide bonds. The number of carbonyl (C=O) groups is 2. The zero-order valence-electron chi connectivity index (χ0n) is 16.5. The van der Waals surface area contributed by atoms with Crippen molar-refractivity contribution < 1.29 is 22.4 Å². The van der Waals surface area contributed by atoms with Crippen LogP contribution in [0.25, 0.3) is 0 Å². The molecule has 0 bridgehead atoms. The van der Waals surface area contributed by atoms with Gasteiger partial charge >= 0.3 is 6.03 Å². The van der Waals surface area contributed by atoms with Gasteiger partial charge in [0, 0.05) is 38.9 Å². The first-order valence-corrected chi connectivity index (χ1v) is 10.8. The molecule has 1 aliphatic heterocycles. The number of halogens is 1. The number of amides is 3. The molecular formula is C20H23FN4O4S. The van der Waals surface area contributed by atoms with Crippen LogP contribution < -0.4 is 5.32 Å². The number of nitrogens with one attached hydrogen (secondary N) is 1. The highest BCUT2D eigenvalue weighted by Crippen LogP contribution is 2.14. The van der Waals surface area contributed by atoms with Gasteiger partial charge in [0.1, 0.15) is 5.82 Å². The lowest BCUT2D eigenvalue weighted by molar-refractivity contribution is -0.132. The summed E-state index contributed by atoms with van der Waals surface area (Å²) < 4.78 is 39.1. The van der Waals surface area contributed by atoms with E-state index in [0.29, 0.717) is 31.9 Å². The van der Waals surface area contributed by atoms with Crippen LogP contribution in [0.4, 0.5) is 14.9 Å². The topological polar surface area (TPSA) is 90.0 Å². The predicted octanol–water partition coefficient (Wildman–Crippen LogP) is 1.82. The van der Waals surface area contributed by atoms with E-state index < -0.39 is 10.0 Å². The fourth-order valence-corrected chi connectivity index (χ4v) is 4.18. The van der Waals surface area contributed by atoms with Crippen molar-refractivity contribution in [3.8, 4) is 0 Å². The zero-order valence-corrected chi connectivity index (χ0v) is 17.3. The summed E-state index contributed by atoms with van der Waals surface area (Å²) in [6.45, 7) is 0.949. The first-order chi connectivity index (χ1) is 14.3. The van der Waals surface area contributed by atoms with Crippen LogP contribution in [0.3, 0.4) is 0 Å². The first-order valence-electron chi connectivity index (χ1n) is 9.38. The molecule has 1 heterocycles. The van der Waals surface area contributed by atoms with E-state index in [1.54, 1.807) is 28.0 Å². The van der Waals surface area contributed by atoms with Crippen LogP contribution in [0.15, 0.2) is 59.5 Å². The minimum Gasteiger partial charge on any atom is -0.338 e. The fraction of sp³-hybridized carbons (Fsp3) is 0.300. The van der Waals surface area contributed by atoms with Gasteiger partial charge in [-0.3, -0.25) is 4.79 Å². The molecule has 2 aromatic carbocycles. The summed E-state index contributed by atoms with van der Waals surface area (Å²) >= 11 is 0. The number of anilines is 1. The molecule has 1 aliphatic rings. The number of piperazine rings is 1. The van der Waals surface area contributed by atoms with Crippen LogP contribution >= 0.6 is 0 Å². The molecule has 0 atom stereocenters. The van der Waals surface area contributed by atoms with Gasteiger partial charge in [-0.1, -0.05) is 18.2 Å². The largest absolute Gasteiger partial charge is 0.338 e. The normalized spacial score (nSPS) is 14.6. The molecule has 0 aliphatic carbocycles. The summed E-state index contributed by atoms with van der Waals surface area (Å²) in [4.78, 5) is 28.1. The Morgan fingerprint density at radius 3 is 2.13 bits per heavy atom. The Hall–Kier alpha value is -2.98. The molecule has 0 radical (unpaired) electrons. The average Bonchev–Trinajstić information content (AvgIpc) is 2.76. The van der Waals surface area contributed by atoms with Crippen LogP contribution in [0.2, 0.25) is 0 Å². The Morgan fingerprint density at radius 2 is 1.53 bits per heavy atom.